The van der Waals surface area contributed by atoms with Crippen LogP contribution < -0.4 is 5.32 Å². The Labute approximate surface area is 130 Å². The molecule has 1 heteroatoms. The standard InChI is InChI=1S/C20H30N/c1-5-6-9-14-20(15-10-11-16-21-20)18-13-8-7-12-17(18)19(2,3)4/h7-8,10-13,21H,1,5-6,9,14-16H2,2-4H3. The molecular formula is C20H30N. The van der Waals surface area contributed by atoms with Gasteiger partial charge in [-0.05, 0) is 29.4 Å². The van der Waals surface area contributed by atoms with E-state index in [1.165, 1.54) is 30.4 Å². The van der Waals surface area contributed by atoms with Crippen molar-refractivity contribution in [3.63, 3.8) is 0 Å². The summed E-state index contributed by atoms with van der Waals surface area (Å²) in [5, 5.41) is 3.81. The molecule has 1 heterocycles. The predicted molar refractivity (Wildman–Crippen MR) is 92.4 cm³/mol. The summed E-state index contributed by atoms with van der Waals surface area (Å²) in [5.41, 5.74) is 3.25. The van der Waals surface area contributed by atoms with Gasteiger partial charge >= 0.3 is 0 Å². The number of hydrogen-bond donors (Lipinski definition) is 1. The maximum Gasteiger partial charge on any atom is 0.0474 e. The lowest BCUT2D eigenvalue weighted by Gasteiger charge is -2.40. The van der Waals surface area contributed by atoms with E-state index in [1.54, 1.807) is 0 Å². The zero-order valence-electron chi connectivity index (χ0n) is 13.9. The van der Waals surface area contributed by atoms with Crippen molar-refractivity contribution in [1.29, 1.82) is 0 Å². The number of rotatable bonds is 5. The second-order valence-corrected chi connectivity index (χ2v) is 7.24. The predicted octanol–water partition coefficient (Wildman–Crippen LogP) is 5.12. The Bertz CT molecular complexity index is 481. The van der Waals surface area contributed by atoms with Crippen LogP contribution in [-0.2, 0) is 11.0 Å². The minimum absolute atomic E-state index is 0.105. The molecule has 1 atom stereocenters. The van der Waals surface area contributed by atoms with Crippen molar-refractivity contribution in [2.45, 2.75) is 63.8 Å². The maximum absolute atomic E-state index is 3.99. The molecular weight excluding hydrogens is 254 g/mol. The zero-order chi connectivity index (χ0) is 15.3. The molecule has 1 nitrogen and oxygen atoms in total. The number of unbranched alkanes of at least 4 members (excludes halogenated alkanes) is 2. The van der Waals surface area contributed by atoms with E-state index in [2.05, 4.69) is 69.4 Å². The third kappa shape index (κ3) is 3.77. The van der Waals surface area contributed by atoms with Gasteiger partial charge in [0.25, 0.3) is 0 Å². The zero-order valence-corrected chi connectivity index (χ0v) is 13.9. The quantitative estimate of drug-likeness (QED) is 0.584. The number of benzene rings is 1. The van der Waals surface area contributed by atoms with Crippen molar-refractivity contribution in [2.75, 3.05) is 6.54 Å². The van der Waals surface area contributed by atoms with Gasteiger partial charge in [0.05, 0.1) is 0 Å². The van der Waals surface area contributed by atoms with Gasteiger partial charge in [-0.1, -0.05) is 83.4 Å². The molecule has 2 rings (SSSR count). The molecule has 1 unspecified atom stereocenters. The van der Waals surface area contributed by atoms with Gasteiger partial charge in [0.2, 0.25) is 0 Å². The topological polar surface area (TPSA) is 12.0 Å². The molecule has 0 amide bonds. The van der Waals surface area contributed by atoms with Gasteiger partial charge in [0, 0.05) is 12.1 Å². The van der Waals surface area contributed by atoms with Gasteiger partial charge in [0.1, 0.15) is 0 Å². The summed E-state index contributed by atoms with van der Waals surface area (Å²) in [4.78, 5) is 0. The highest BCUT2D eigenvalue weighted by Crippen LogP contribution is 2.39. The second-order valence-electron chi connectivity index (χ2n) is 7.24. The fraction of sp³-hybridized carbons (Fsp3) is 0.550. The molecule has 0 fully saturated rings. The molecule has 0 aromatic heterocycles. The van der Waals surface area contributed by atoms with Crippen molar-refractivity contribution in [3.8, 4) is 0 Å². The first-order chi connectivity index (χ1) is 9.99. The molecule has 1 aliphatic rings. The Morgan fingerprint density at radius 2 is 1.90 bits per heavy atom. The van der Waals surface area contributed by atoms with Crippen molar-refractivity contribution in [2.24, 2.45) is 0 Å². The van der Waals surface area contributed by atoms with Gasteiger partial charge < -0.3 is 5.32 Å². The molecule has 0 aliphatic carbocycles. The van der Waals surface area contributed by atoms with Crippen molar-refractivity contribution in [3.05, 3.63) is 54.5 Å². The summed E-state index contributed by atoms with van der Waals surface area (Å²) in [7, 11) is 0. The van der Waals surface area contributed by atoms with E-state index >= 15 is 0 Å². The summed E-state index contributed by atoms with van der Waals surface area (Å²) >= 11 is 0. The molecule has 115 valence electrons. The molecule has 0 saturated carbocycles. The van der Waals surface area contributed by atoms with E-state index in [4.69, 9.17) is 0 Å². The van der Waals surface area contributed by atoms with E-state index in [0.29, 0.717) is 0 Å². The first-order valence-corrected chi connectivity index (χ1v) is 8.29. The SMILES string of the molecule is [CH2]CCCCC1(c2ccccc2C(C)(C)C)CC=CCN1. The van der Waals surface area contributed by atoms with Gasteiger partial charge in [-0.2, -0.15) is 0 Å². The summed E-state index contributed by atoms with van der Waals surface area (Å²) in [6, 6.07) is 9.00. The second kappa shape index (κ2) is 6.79. The largest absolute Gasteiger partial charge is 0.304 e. The van der Waals surface area contributed by atoms with Crippen LogP contribution in [-0.4, -0.2) is 6.54 Å². The Balaban J connectivity index is 2.39. The highest BCUT2D eigenvalue weighted by atomic mass is 15.0. The monoisotopic (exact) mass is 284 g/mol. The summed E-state index contributed by atoms with van der Waals surface area (Å²) in [6.07, 6.45) is 10.4. The Kier molecular flexibility index (Phi) is 5.27. The van der Waals surface area contributed by atoms with Crippen LogP contribution in [0.25, 0.3) is 0 Å². The van der Waals surface area contributed by atoms with Crippen molar-refractivity contribution in [1.82, 2.24) is 5.32 Å². The van der Waals surface area contributed by atoms with Crippen LogP contribution >= 0.6 is 0 Å². The molecule has 1 radical (unpaired) electrons. The van der Waals surface area contributed by atoms with Crippen molar-refractivity contribution >= 4 is 0 Å². The maximum atomic E-state index is 3.99. The third-order valence-electron chi connectivity index (χ3n) is 4.55. The smallest absolute Gasteiger partial charge is 0.0474 e. The van der Waals surface area contributed by atoms with E-state index in [9.17, 15) is 0 Å². The molecule has 1 N–H and O–H groups in total. The normalized spacial score (nSPS) is 22.5. The van der Waals surface area contributed by atoms with Gasteiger partial charge in [-0.3, -0.25) is 0 Å². The highest BCUT2D eigenvalue weighted by Gasteiger charge is 2.35. The Morgan fingerprint density at radius 1 is 1.14 bits per heavy atom. The summed E-state index contributed by atoms with van der Waals surface area (Å²) in [6.45, 7) is 11.9. The molecule has 1 aliphatic heterocycles. The molecule has 0 saturated heterocycles. The van der Waals surface area contributed by atoms with Gasteiger partial charge in [-0.15, -0.1) is 0 Å². The first-order valence-electron chi connectivity index (χ1n) is 8.29. The van der Waals surface area contributed by atoms with Crippen LogP contribution in [0, 0.1) is 6.92 Å². The van der Waals surface area contributed by atoms with E-state index in [1.807, 2.05) is 0 Å². The van der Waals surface area contributed by atoms with Crippen LogP contribution in [0.2, 0.25) is 0 Å². The van der Waals surface area contributed by atoms with Gasteiger partial charge in [-0.25, -0.2) is 0 Å². The molecule has 1 aromatic rings. The number of nitrogens with one attached hydrogen (secondary N) is 1. The van der Waals surface area contributed by atoms with Gasteiger partial charge in [0.15, 0.2) is 0 Å². The fourth-order valence-corrected chi connectivity index (χ4v) is 3.38. The average Bonchev–Trinajstić information content (AvgIpc) is 2.48. The van der Waals surface area contributed by atoms with E-state index in [0.717, 1.165) is 19.4 Å². The lowest BCUT2D eigenvalue weighted by molar-refractivity contribution is 0.297. The van der Waals surface area contributed by atoms with Crippen LogP contribution in [0.5, 0.6) is 0 Å². The van der Waals surface area contributed by atoms with Crippen LogP contribution in [0.15, 0.2) is 36.4 Å². The Hall–Kier alpha value is -1.08. The fourth-order valence-electron chi connectivity index (χ4n) is 3.38. The highest BCUT2D eigenvalue weighted by molar-refractivity contribution is 5.39. The molecule has 1 aromatic carbocycles. The van der Waals surface area contributed by atoms with Crippen LogP contribution in [0.4, 0.5) is 0 Å². The lowest BCUT2D eigenvalue weighted by atomic mass is 9.73. The number of hydrogen-bond acceptors (Lipinski definition) is 1. The van der Waals surface area contributed by atoms with E-state index in [-0.39, 0.29) is 11.0 Å². The van der Waals surface area contributed by atoms with E-state index < -0.39 is 0 Å². The molecule has 0 bridgehead atoms. The summed E-state index contributed by atoms with van der Waals surface area (Å²) < 4.78 is 0. The first kappa shape index (κ1) is 16.3. The Morgan fingerprint density at radius 3 is 2.52 bits per heavy atom. The van der Waals surface area contributed by atoms with Crippen molar-refractivity contribution < 1.29 is 0 Å². The minimum atomic E-state index is 0.105. The van der Waals surface area contributed by atoms with Crippen LogP contribution in [0.1, 0.15) is 64.0 Å². The average molecular weight is 284 g/mol. The third-order valence-corrected chi connectivity index (χ3v) is 4.55. The minimum Gasteiger partial charge on any atom is -0.304 e. The molecule has 0 spiro atoms. The summed E-state index contributed by atoms with van der Waals surface area (Å²) in [5.74, 6) is 0. The van der Waals surface area contributed by atoms with Crippen LogP contribution in [0.3, 0.4) is 0 Å². The lowest BCUT2D eigenvalue weighted by Crippen LogP contribution is -2.45. The molecule has 21 heavy (non-hydrogen) atoms.